The van der Waals surface area contributed by atoms with Crippen LogP contribution in [0.15, 0.2) is 121 Å². The molecule has 0 spiro atoms. The van der Waals surface area contributed by atoms with Gasteiger partial charge in [0.1, 0.15) is 5.75 Å². The number of allylic oxidation sites excluding steroid dienone is 1. The maximum atomic E-state index is 12.2. The van der Waals surface area contributed by atoms with Crippen LogP contribution in [0.1, 0.15) is 82.6 Å². The summed E-state index contributed by atoms with van der Waals surface area (Å²) in [6, 6.07) is 38.9. The van der Waals surface area contributed by atoms with E-state index in [2.05, 4.69) is 91.2 Å². The van der Waals surface area contributed by atoms with Gasteiger partial charge >= 0.3 is 18.9 Å². The Balaban J connectivity index is 0.000000447. The summed E-state index contributed by atoms with van der Waals surface area (Å²) >= 11 is 11.7. The van der Waals surface area contributed by atoms with Crippen molar-refractivity contribution in [3.8, 4) is 16.9 Å². The molecule has 10 heteroatoms. The van der Waals surface area contributed by atoms with Crippen LogP contribution in [-0.4, -0.2) is 43.3 Å². The second kappa shape index (κ2) is 28.9. The van der Waals surface area contributed by atoms with E-state index >= 15 is 0 Å². The van der Waals surface area contributed by atoms with E-state index in [4.69, 9.17) is 39.4 Å². The molecule has 0 heterocycles. The summed E-state index contributed by atoms with van der Waals surface area (Å²) in [5.74, 6) is 2.96. The van der Waals surface area contributed by atoms with Gasteiger partial charge in [0.05, 0.1) is 6.61 Å². The molecule has 5 aromatic carbocycles. The van der Waals surface area contributed by atoms with E-state index in [1.165, 1.54) is 33.4 Å². The molecule has 0 aromatic heterocycles. The molecule has 2 amide bonds. The molecule has 6 rings (SSSR count). The number of nitrogen functional groups attached to an aromatic ring is 2. The SMILES string of the molecule is [CH2-]CNC(=O)CCCOc1ccc(CCC(CCCl)CCCl)cc1.[CH2-]CNC(=O)c1ccc(CC2C/C=C(/c3ccccc3)c3cc(N)ccc3-c3ccc(N)cc32)cc1.[CH3-].[CH3-].[Li+]. The third-order valence-corrected chi connectivity index (χ3v) is 11.2. The van der Waals surface area contributed by atoms with E-state index in [0.29, 0.717) is 55.8 Å². The molecule has 1 atom stereocenters. The number of nitrogens with two attached hydrogens (primary N) is 2. The summed E-state index contributed by atoms with van der Waals surface area (Å²) in [5.41, 5.74) is 24.2. The second-order valence-electron chi connectivity index (χ2n) is 15.0. The van der Waals surface area contributed by atoms with Crippen LogP contribution in [0.4, 0.5) is 11.4 Å². The summed E-state index contributed by atoms with van der Waals surface area (Å²) in [6.07, 6.45) is 9.37. The second-order valence-corrected chi connectivity index (χ2v) is 15.8. The van der Waals surface area contributed by atoms with Gasteiger partial charge in [0.2, 0.25) is 11.8 Å². The Hall–Kier alpha value is -4.64. The molecule has 0 radical (unpaired) electrons. The van der Waals surface area contributed by atoms with Gasteiger partial charge in [-0.1, -0.05) is 72.8 Å². The number of hydrogen-bond donors (Lipinski definition) is 4. The number of hydrogen-bond acceptors (Lipinski definition) is 5. The zero-order chi connectivity index (χ0) is 42.7. The Labute approximate surface area is 399 Å². The van der Waals surface area contributed by atoms with Gasteiger partial charge in [-0.05, 0) is 150 Å². The van der Waals surface area contributed by atoms with E-state index in [1.807, 2.05) is 54.6 Å². The minimum absolute atomic E-state index is 0. The standard InChI is InChI=1S/C32H30N3O.C19H28Cl2NO2.2CH3.Li/c1-2-35-32(36)23-10-8-21(9-11-23)18-24-12-15-27(22-6-4-3-5-7-22)31-20-26(34)14-17-29(31)28-16-13-25(33)19-30(24)28;1-2-22-19(23)4-3-15-24-18-9-7-16(8-10-18)5-6-17(11-13-20)12-14-21;;;/h3-11,13-17,19-20,24H,1-2,12,18,33-34H2,(H,35,36);7-10,17H,1-6,11-15H2,(H,22,23);2*1H3;/q4*-1;+1/b27-15-;;;;. The van der Waals surface area contributed by atoms with Crippen molar-refractivity contribution in [2.24, 2.45) is 5.92 Å². The average molecular weight is 883 g/mol. The van der Waals surface area contributed by atoms with Crippen molar-refractivity contribution in [1.29, 1.82) is 0 Å². The first-order valence-electron chi connectivity index (χ1n) is 20.8. The molecule has 7 nitrogen and oxygen atoms in total. The van der Waals surface area contributed by atoms with Gasteiger partial charge in [0.25, 0.3) is 0 Å². The van der Waals surface area contributed by atoms with Gasteiger partial charge in [-0.2, -0.15) is 0 Å². The maximum absolute atomic E-state index is 12.2. The Morgan fingerprint density at radius 3 is 1.98 bits per heavy atom. The van der Waals surface area contributed by atoms with Crippen LogP contribution in [0.5, 0.6) is 5.75 Å². The molecule has 0 saturated carbocycles. The number of fused-ring (bicyclic) bond motifs is 3. The van der Waals surface area contributed by atoms with E-state index in [1.54, 1.807) is 0 Å². The zero-order valence-corrected chi connectivity index (χ0v) is 39.0. The third kappa shape index (κ3) is 16.8. The largest absolute Gasteiger partial charge is 1.00 e. The van der Waals surface area contributed by atoms with Gasteiger partial charge in [-0.15, -0.1) is 36.3 Å². The number of anilines is 2. The normalized spacial score (nSPS) is 13.3. The van der Waals surface area contributed by atoms with Crippen molar-refractivity contribution in [2.75, 3.05) is 42.9 Å². The fraction of sp³-hybridized carbons (Fsp3) is 0.283. The summed E-state index contributed by atoms with van der Waals surface area (Å²) in [5, 5.41) is 5.42. The van der Waals surface area contributed by atoms with Crippen LogP contribution < -0.4 is 45.7 Å². The first-order valence-corrected chi connectivity index (χ1v) is 21.9. The number of carbonyl (C=O) groups excluding carboxylic acids is 2. The number of nitrogens with one attached hydrogen (secondary N) is 2. The summed E-state index contributed by atoms with van der Waals surface area (Å²) in [4.78, 5) is 23.5. The molecule has 5 aromatic rings. The monoisotopic (exact) mass is 881 g/mol. The fourth-order valence-corrected chi connectivity index (χ4v) is 8.19. The van der Waals surface area contributed by atoms with Crippen molar-refractivity contribution >= 4 is 52.0 Å². The molecule has 1 aliphatic rings. The Morgan fingerprint density at radius 1 is 0.730 bits per heavy atom. The van der Waals surface area contributed by atoms with Crippen LogP contribution in [0.2, 0.25) is 0 Å². The summed E-state index contributed by atoms with van der Waals surface area (Å²) < 4.78 is 5.66. The molecule has 0 fully saturated rings. The predicted molar refractivity (Wildman–Crippen MR) is 264 cm³/mol. The topological polar surface area (TPSA) is 119 Å². The number of ether oxygens (including phenoxy) is 1. The molecule has 1 unspecified atom stereocenters. The van der Waals surface area contributed by atoms with Gasteiger partial charge in [0.15, 0.2) is 0 Å². The Bertz CT molecular complexity index is 2140. The van der Waals surface area contributed by atoms with E-state index in [0.717, 1.165) is 66.8 Å². The average Bonchev–Trinajstić information content (AvgIpc) is 3.25. The Morgan fingerprint density at radius 2 is 1.35 bits per heavy atom. The maximum Gasteiger partial charge on any atom is 1.00 e. The molecule has 332 valence electrons. The first kappa shape index (κ1) is 54.5. The van der Waals surface area contributed by atoms with Gasteiger partial charge in [-0.25, -0.2) is 0 Å². The number of aryl methyl sites for hydroxylation is 1. The van der Waals surface area contributed by atoms with Crippen molar-refractivity contribution in [2.45, 2.75) is 57.3 Å². The van der Waals surface area contributed by atoms with Gasteiger partial charge < -0.3 is 55.5 Å². The van der Waals surface area contributed by atoms with Crippen LogP contribution in [0.25, 0.3) is 16.7 Å². The number of benzene rings is 5. The van der Waals surface area contributed by atoms with Gasteiger partial charge in [0, 0.05) is 35.1 Å². The quantitative estimate of drug-likeness (QED) is 0.0231. The fourth-order valence-electron chi connectivity index (χ4n) is 7.57. The number of alkyl halides is 2. The van der Waals surface area contributed by atoms with Crippen molar-refractivity contribution in [1.82, 2.24) is 10.6 Å². The van der Waals surface area contributed by atoms with Crippen molar-refractivity contribution in [3.63, 3.8) is 0 Å². The number of halogens is 2. The smallest absolute Gasteiger partial charge is 0.494 e. The molecular weight excluding hydrogens is 818 g/mol. The van der Waals surface area contributed by atoms with Crippen LogP contribution >= 0.6 is 23.2 Å². The van der Waals surface area contributed by atoms with Crippen molar-refractivity contribution in [3.05, 3.63) is 183 Å². The zero-order valence-electron chi connectivity index (χ0n) is 37.4. The molecule has 0 bridgehead atoms. The molecule has 0 aliphatic heterocycles. The predicted octanol–water partition coefficient (Wildman–Crippen LogP) is 8.75. The van der Waals surface area contributed by atoms with Crippen molar-refractivity contribution < 1.29 is 33.2 Å². The Kier molecular flexibility index (Phi) is 25.0. The first-order chi connectivity index (χ1) is 29.2. The number of rotatable bonds is 18. The molecular formula is C53H64Cl2LiN4O3-3. The minimum Gasteiger partial charge on any atom is -0.494 e. The molecule has 63 heavy (non-hydrogen) atoms. The van der Waals surface area contributed by atoms with E-state index in [9.17, 15) is 9.59 Å². The molecule has 1 aliphatic carbocycles. The summed E-state index contributed by atoms with van der Waals surface area (Å²) in [6.45, 7) is 8.60. The molecule has 0 saturated heterocycles. The third-order valence-electron chi connectivity index (χ3n) is 10.8. The van der Waals surface area contributed by atoms with Crippen LogP contribution in [0, 0.1) is 34.6 Å². The number of amides is 2. The van der Waals surface area contributed by atoms with Gasteiger partial charge in [-0.3, -0.25) is 9.59 Å². The van der Waals surface area contributed by atoms with E-state index in [-0.39, 0.29) is 51.4 Å². The van der Waals surface area contributed by atoms with Crippen LogP contribution in [0.3, 0.4) is 0 Å². The molecule has 6 N–H and O–H groups in total. The summed E-state index contributed by atoms with van der Waals surface area (Å²) in [7, 11) is 0. The van der Waals surface area contributed by atoms with E-state index < -0.39 is 0 Å². The number of carbonyl (C=O) groups is 2. The van der Waals surface area contributed by atoms with Crippen LogP contribution in [-0.2, 0) is 17.6 Å². The minimum atomic E-state index is -0.105.